The average Bonchev–Trinajstić information content (AvgIpc) is 2.98. The molecule has 0 saturated heterocycles. The maximum Gasteiger partial charge on any atom is 0.0589 e. The fourth-order valence-corrected chi connectivity index (χ4v) is 2.31. The normalized spacial score (nSPS) is 30.3. The van der Waals surface area contributed by atoms with Crippen LogP contribution < -0.4 is 5.73 Å². The first-order valence-corrected chi connectivity index (χ1v) is 5.96. The van der Waals surface area contributed by atoms with Crippen LogP contribution in [0.2, 0.25) is 0 Å². The Bertz CT molecular complexity index is 226. The lowest BCUT2D eigenvalue weighted by molar-refractivity contribution is 0.136. The van der Waals surface area contributed by atoms with Crippen LogP contribution in [0.3, 0.4) is 0 Å². The van der Waals surface area contributed by atoms with Gasteiger partial charge in [0.25, 0.3) is 0 Å². The zero-order valence-electron chi connectivity index (χ0n) is 9.56. The second-order valence-electron chi connectivity index (χ2n) is 4.76. The van der Waals surface area contributed by atoms with Crippen LogP contribution in [-0.2, 0) is 4.74 Å². The van der Waals surface area contributed by atoms with Gasteiger partial charge >= 0.3 is 0 Å². The van der Waals surface area contributed by atoms with E-state index >= 15 is 0 Å². The number of nitrogens with zero attached hydrogens (tertiary/aromatic N) is 1. The lowest BCUT2D eigenvalue weighted by Crippen LogP contribution is -2.34. The molecule has 2 rings (SSSR count). The average molecular weight is 210 g/mol. The molecule has 0 aromatic carbocycles. The van der Waals surface area contributed by atoms with Gasteiger partial charge in [0.05, 0.1) is 6.61 Å². The Labute approximate surface area is 92.3 Å². The summed E-state index contributed by atoms with van der Waals surface area (Å²) in [6.07, 6.45) is 8.29. The monoisotopic (exact) mass is 210 g/mol. The molecule has 2 aliphatic carbocycles. The molecule has 0 aromatic heterocycles. The molecule has 1 fully saturated rings. The van der Waals surface area contributed by atoms with Crippen LogP contribution in [0, 0.1) is 5.92 Å². The summed E-state index contributed by atoms with van der Waals surface area (Å²) in [4.78, 5) is 2.57. The molecule has 3 heteroatoms. The van der Waals surface area contributed by atoms with Crippen molar-refractivity contribution in [2.24, 2.45) is 11.7 Å². The predicted molar refractivity (Wildman–Crippen MR) is 61.7 cm³/mol. The first-order chi connectivity index (χ1) is 7.29. The second-order valence-corrected chi connectivity index (χ2v) is 4.76. The first-order valence-electron chi connectivity index (χ1n) is 5.96. The Balaban J connectivity index is 1.76. The van der Waals surface area contributed by atoms with Crippen molar-refractivity contribution < 1.29 is 4.74 Å². The Kier molecular flexibility index (Phi) is 3.78. The minimum atomic E-state index is 0.290. The molecular weight excluding hydrogens is 188 g/mol. The van der Waals surface area contributed by atoms with E-state index in [9.17, 15) is 0 Å². The number of hydrogen-bond donors (Lipinski definition) is 1. The Morgan fingerprint density at radius 3 is 2.73 bits per heavy atom. The molecule has 2 atom stereocenters. The SMILES string of the molecule is COCCN(CC1C=CC(N)C1)C1CC1. The summed E-state index contributed by atoms with van der Waals surface area (Å²) >= 11 is 0. The van der Waals surface area contributed by atoms with Crippen LogP contribution in [0.15, 0.2) is 12.2 Å². The Morgan fingerprint density at radius 1 is 1.40 bits per heavy atom. The molecule has 0 radical (unpaired) electrons. The van der Waals surface area contributed by atoms with Gasteiger partial charge in [-0.25, -0.2) is 0 Å². The van der Waals surface area contributed by atoms with Gasteiger partial charge in [0.1, 0.15) is 0 Å². The minimum absolute atomic E-state index is 0.290. The molecule has 0 aliphatic heterocycles. The van der Waals surface area contributed by atoms with E-state index in [2.05, 4.69) is 17.1 Å². The number of rotatable bonds is 6. The van der Waals surface area contributed by atoms with Crippen molar-refractivity contribution in [2.45, 2.75) is 31.3 Å². The van der Waals surface area contributed by atoms with E-state index in [0.29, 0.717) is 12.0 Å². The summed E-state index contributed by atoms with van der Waals surface area (Å²) < 4.78 is 5.15. The van der Waals surface area contributed by atoms with Crippen molar-refractivity contribution in [1.29, 1.82) is 0 Å². The van der Waals surface area contributed by atoms with E-state index in [1.165, 1.54) is 12.8 Å². The van der Waals surface area contributed by atoms with Crippen LogP contribution in [0.5, 0.6) is 0 Å². The van der Waals surface area contributed by atoms with E-state index in [1.807, 2.05) is 0 Å². The number of hydrogen-bond acceptors (Lipinski definition) is 3. The minimum Gasteiger partial charge on any atom is -0.383 e. The van der Waals surface area contributed by atoms with Crippen molar-refractivity contribution in [3.8, 4) is 0 Å². The molecule has 0 amide bonds. The zero-order valence-corrected chi connectivity index (χ0v) is 9.56. The molecule has 15 heavy (non-hydrogen) atoms. The van der Waals surface area contributed by atoms with Gasteiger partial charge in [-0.15, -0.1) is 0 Å². The fraction of sp³-hybridized carbons (Fsp3) is 0.833. The highest BCUT2D eigenvalue weighted by molar-refractivity contribution is 5.05. The van der Waals surface area contributed by atoms with Gasteiger partial charge in [-0.3, -0.25) is 4.90 Å². The maximum absolute atomic E-state index is 5.86. The third-order valence-corrected chi connectivity index (χ3v) is 3.32. The Morgan fingerprint density at radius 2 is 2.20 bits per heavy atom. The molecule has 3 nitrogen and oxygen atoms in total. The third kappa shape index (κ3) is 3.30. The highest BCUT2D eigenvalue weighted by Gasteiger charge is 2.30. The molecule has 0 spiro atoms. The molecule has 1 saturated carbocycles. The topological polar surface area (TPSA) is 38.5 Å². The largest absolute Gasteiger partial charge is 0.383 e. The molecular formula is C12H22N2O. The van der Waals surface area contributed by atoms with Gasteiger partial charge in [0.15, 0.2) is 0 Å². The van der Waals surface area contributed by atoms with E-state index in [-0.39, 0.29) is 0 Å². The summed E-state index contributed by atoms with van der Waals surface area (Å²) in [5.41, 5.74) is 5.86. The summed E-state index contributed by atoms with van der Waals surface area (Å²) in [5.74, 6) is 0.664. The van der Waals surface area contributed by atoms with Crippen LogP contribution in [0.1, 0.15) is 19.3 Å². The highest BCUT2D eigenvalue weighted by atomic mass is 16.5. The zero-order chi connectivity index (χ0) is 10.7. The molecule has 0 heterocycles. The van der Waals surface area contributed by atoms with E-state index in [4.69, 9.17) is 10.5 Å². The van der Waals surface area contributed by atoms with Gasteiger partial charge < -0.3 is 10.5 Å². The van der Waals surface area contributed by atoms with Crippen LogP contribution in [0.4, 0.5) is 0 Å². The number of methoxy groups -OCH3 is 1. The van der Waals surface area contributed by atoms with Crippen molar-refractivity contribution >= 4 is 0 Å². The predicted octanol–water partition coefficient (Wildman–Crippen LogP) is 1.00. The van der Waals surface area contributed by atoms with Gasteiger partial charge in [-0.05, 0) is 25.2 Å². The molecule has 2 N–H and O–H groups in total. The van der Waals surface area contributed by atoms with E-state index < -0.39 is 0 Å². The fourth-order valence-electron chi connectivity index (χ4n) is 2.31. The summed E-state index contributed by atoms with van der Waals surface area (Å²) in [5, 5.41) is 0. The number of nitrogens with two attached hydrogens (primary N) is 1. The van der Waals surface area contributed by atoms with Gasteiger partial charge in [-0.1, -0.05) is 12.2 Å². The molecule has 86 valence electrons. The first kappa shape index (κ1) is 11.1. The molecule has 2 unspecified atom stereocenters. The van der Waals surface area contributed by atoms with Gasteiger partial charge in [0, 0.05) is 32.3 Å². The van der Waals surface area contributed by atoms with Crippen LogP contribution in [0.25, 0.3) is 0 Å². The lowest BCUT2D eigenvalue weighted by atomic mass is 10.1. The highest BCUT2D eigenvalue weighted by Crippen LogP contribution is 2.29. The maximum atomic E-state index is 5.86. The van der Waals surface area contributed by atoms with Crippen LogP contribution in [-0.4, -0.2) is 43.8 Å². The van der Waals surface area contributed by atoms with Crippen molar-refractivity contribution in [3.63, 3.8) is 0 Å². The van der Waals surface area contributed by atoms with Crippen LogP contribution >= 0.6 is 0 Å². The summed E-state index contributed by atoms with van der Waals surface area (Å²) in [7, 11) is 1.77. The van der Waals surface area contributed by atoms with E-state index in [0.717, 1.165) is 32.2 Å². The smallest absolute Gasteiger partial charge is 0.0589 e. The van der Waals surface area contributed by atoms with Gasteiger partial charge in [-0.2, -0.15) is 0 Å². The third-order valence-electron chi connectivity index (χ3n) is 3.32. The molecule has 0 bridgehead atoms. The summed E-state index contributed by atoms with van der Waals surface area (Å²) in [6, 6.07) is 1.11. The summed E-state index contributed by atoms with van der Waals surface area (Å²) in [6.45, 7) is 3.08. The quantitative estimate of drug-likeness (QED) is 0.665. The standard InChI is InChI=1S/C12H22N2O/c1-15-7-6-14(12-4-5-12)9-10-2-3-11(13)8-10/h2-3,10-12H,4-9,13H2,1H3. The number of ether oxygens (including phenoxy) is 1. The Hall–Kier alpha value is -0.380. The van der Waals surface area contributed by atoms with E-state index in [1.54, 1.807) is 7.11 Å². The second kappa shape index (κ2) is 5.10. The molecule has 2 aliphatic rings. The lowest BCUT2D eigenvalue weighted by Gasteiger charge is -2.24. The van der Waals surface area contributed by atoms with Crippen molar-refractivity contribution in [3.05, 3.63) is 12.2 Å². The van der Waals surface area contributed by atoms with Gasteiger partial charge in [0.2, 0.25) is 0 Å². The van der Waals surface area contributed by atoms with Crippen molar-refractivity contribution in [2.75, 3.05) is 26.8 Å². The van der Waals surface area contributed by atoms with Crippen molar-refractivity contribution in [1.82, 2.24) is 4.90 Å². The molecule has 0 aromatic rings.